The van der Waals surface area contributed by atoms with E-state index in [0.717, 1.165) is 31.9 Å². The van der Waals surface area contributed by atoms with Crippen LogP contribution >= 0.6 is 0 Å². The first kappa shape index (κ1) is 14.3. The van der Waals surface area contributed by atoms with E-state index in [1.165, 1.54) is 12.1 Å². The molecule has 0 N–H and O–H groups in total. The van der Waals surface area contributed by atoms with E-state index in [9.17, 15) is 4.39 Å². The molecule has 1 aromatic rings. The van der Waals surface area contributed by atoms with Gasteiger partial charge in [0.15, 0.2) is 0 Å². The van der Waals surface area contributed by atoms with Crippen molar-refractivity contribution in [1.29, 1.82) is 0 Å². The summed E-state index contributed by atoms with van der Waals surface area (Å²) in [5.41, 5.74) is 0. The molecule has 0 spiro atoms. The maximum Gasteiger partial charge on any atom is 0.123 e. The molecule has 1 aromatic carbocycles. The fourth-order valence-corrected chi connectivity index (χ4v) is 2.27. The molecular weight excluding hydrogens is 245 g/mol. The number of nitrogens with zero attached hydrogens (tertiary/aromatic N) is 1. The summed E-state index contributed by atoms with van der Waals surface area (Å²) in [5, 5.41) is 0. The minimum atomic E-state index is -0.233. The lowest BCUT2D eigenvalue weighted by atomic mass is 10.2. The van der Waals surface area contributed by atoms with Crippen molar-refractivity contribution in [1.82, 2.24) is 4.90 Å². The predicted molar refractivity (Wildman–Crippen MR) is 73.0 cm³/mol. The summed E-state index contributed by atoms with van der Waals surface area (Å²) < 4.78 is 23.9. The van der Waals surface area contributed by atoms with Gasteiger partial charge in [0.05, 0.1) is 19.3 Å². The average molecular weight is 267 g/mol. The van der Waals surface area contributed by atoms with Gasteiger partial charge in [0.25, 0.3) is 0 Å². The molecule has 1 fully saturated rings. The Bertz CT molecular complexity index is 382. The Labute approximate surface area is 114 Å². The van der Waals surface area contributed by atoms with Crippen molar-refractivity contribution in [3.8, 4) is 5.75 Å². The van der Waals surface area contributed by atoms with Gasteiger partial charge in [-0.3, -0.25) is 4.90 Å². The molecule has 0 unspecified atom stereocenters. The van der Waals surface area contributed by atoms with Crippen LogP contribution in [-0.4, -0.2) is 43.3 Å². The van der Waals surface area contributed by atoms with Crippen LogP contribution in [0.15, 0.2) is 24.3 Å². The van der Waals surface area contributed by atoms with Gasteiger partial charge in [0, 0.05) is 19.1 Å². The first-order valence-corrected chi connectivity index (χ1v) is 6.89. The second-order valence-electron chi connectivity index (χ2n) is 5.14. The molecule has 0 aliphatic carbocycles. The van der Waals surface area contributed by atoms with E-state index in [1.54, 1.807) is 12.1 Å². The number of hydrogen-bond donors (Lipinski definition) is 0. The van der Waals surface area contributed by atoms with E-state index < -0.39 is 0 Å². The molecule has 1 saturated heterocycles. The van der Waals surface area contributed by atoms with Gasteiger partial charge in [-0.15, -0.1) is 0 Å². The zero-order valence-electron chi connectivity index (χ0n) is 11.6. The summed E-state index contributed by atoms with van der Waals surface area (Å²) in [7, 11) is 0. The highest BCUT2D eigenvalue weighted by atomic mass is 19.1. The summed E-state index contributed by atoms with van der Waals surface area (Å²) in [6.07, 6.45) is 1.28. The van der Waals surface area contributed by atoms with Crippen molar-refractivity contribution in [2.24, 2.45) is 0 Å². The Morgan fingerprint density at radius 1 is 1.32 bits per heavy atom. The van der Waals surface area contributed by atoms with Gasteiger partial charge in [-0.25, -0.2) is 4.39 Å². The van der Waals surface area contributed by atoms with Crippen molar-refractivity contribution >= 4 is 0 Å². The van der Waals surface area contributed by atoms with Gasteiger partial charge >= 0.3 is 0 Å². The number of halogens is 1. The molecule has 1 heterocycles. The van der Waals surface area contributed by atoms with Crippen molar-refractivity contribution in [3.63, 3.8) is 0 Å². The molecule has 3 nitrogen and oxygen atoms in total. The largest absolute Gasteiger partial charge is 0.494 e. The Balaban J connectivity index is 1.67. The second-order valence-corrected chi connectivity index (χ2v) is 5.14. The normalized spacial score (nSPS) is 24.4. The molecule has 106 valence electrons. The van der Waals surface area contributed by atoms with E-state index in [1.807, 2.05) is 0 Å². The Morgan fingerprint density at radius 3 is 2.79 bits per heavy atom. The third-order valence-electron chi connectivity index (χ3n) is 3.41. The van der Waals surface area contributed by atoms with Crippen LogP contribution in [0.2, 0.25) is 0 Å². The smallest absolute Gasteiger partial charge is 0.123 e. The molecule has 0 amide bonds. The van der Waals surface area contributed by atoms with Crippen molar-refractivity contribution in [3.05, 3.63) is 30.1 Å². The van der Waals surface area contributed by atoms with Gasteiger partial charge in [-0.05, 0) is 44.5 Å². The van der Waals surface area contributed by atoms with Crippen LogP contribution in [0.1, 0.15) is 20.3 Å². The zero-order chi connectivity index (χ0) is 13.7. The van der Waals surface area contributed by atoms with Crippen LogP contribution in [-0.2, 0) is 4.74 Å². The Hall–Kier alpha value is -1.13. The van der Waals surface area contributed by atoms with E-state index in [-0.39, 0.29) is 5.82 Å². The highest BCUT2D eigenvalue weighted by Gasteiger charge is 2.22. The molecule has 1 aliphatic heterocycles. The van der Waals surface area contributed by atoms with E-state index in [2.05, 4.69) is 18.7 Å². The predicted octanol–water partition coefficient (Wildman–Crippen LogP) is 2.70. The first-order valence-electron chi connectivity index (χ1n) is 6.89. The minimum Gasteiger partial charge on any atom is -0.494 e. The molecule has 2 atom stereocenters. The van der Waals surface area contributed by atoms with Gasteiger partial charge in [0.2, 0.25) is 0 Å². The summed E-state index contributed by atoms with van der Waals surface area (Å²) in [6.45, 7) is 7.75. The van der Waals surface area contributed by atoms with Crippen LogP contribution in [0.25, 0.3) is 0 Å². The standard InChI is InChI=1S/C15H22FNO2/c1-12-11-19-13(2)10-17(12)8-3-9-18-15-6-4-14(16)5-7-15/h4-7,12-13H,3,8-11H2,1-2H3/t12-,13+/m0/s1. The molecule has 0 saturated carbocycles. The molecule has 2 rings (SSSR count). The van der Waals surface area contributed by atoms with Crippen LogP contribution in [0.4, 0.5) is 4.39 Å². The van der Waals surface area contributed by atoms with Crippen molar-refractivity contribution < 1.29 is 13.9 Å². The molecule has 4 heteroatoms. The third kappa shape index (κ3) is 4.48. The Kier molecular flexibility index (Phi) is 5.16. The fraction of sp³-hybridized carbons (Fsp3) is 0.600. The van der Waals surface area contributed by atoms with Crippen LogP contribution in [0.5, 0.6) is 5.75 Å². The zero-order valence-corrected chi connectivity index (χ0v) is 11.6. The van der Waals surface area contributed by atoms with Gasteiger partial charge in [0.1, 0.15) is 11.6 Å². The van der Waals surface area contributed by atoms with E-state index in [4.69, 9.17) is 9.47 Å². The SMILES string of the molecule is C[C@@H]1CN(CCCOc2ccc(F)cc2)[C@@H](C)CO1. The number of rotatable bonds is 5. The molecular formula is C15H22FNO2. The quantitative estimate of drug-likeness (QED) is 0.766. The maximum atomic E-state index is 12.7. The lowest BCUT2D eigenvalue weighted by Crippen LogP contribution is -2.47. The van der Waals surface area contributed by atoms with Crippen molar-refractivity contribution in [2.45, 2.75) is 32.4 Å². The fourth-order valence-electron chi connectivity index (χ4n) is 2.27. The average Bonchev–Trinajstić information content (AvgIpc) is 2.40. The topological polar surface area (TPSA) is 21.7 Å². The van der Waals surface area contributed by atoms with Gasteiger partial charge < -0.3 is 9.47 Å². The highest BCUT2D eigenvalue weighted by molar-refractivity contribution is 5.21. The molecule has 19 heavy (non-hydrogen) atoms. The van der Waals surface area contributed by atoms with Crippen LogP contribution in [0.3, 0.4) is 0 Å². The summed E-state index contributed by atoms with van der Waals surface area (Å²) in [6, 6.07) is 6.63. The van der Waals surface area contributed by atoms with Crippen LogP contribution < -0.4 is 4.74 Å². The number of hydrogen-bond acceptors (Lipinski definition) is 3. The maximum absolute atomic E-state index is 12.7. The van der Waals surface area contributed by atoms with Crippen LogP contribution in [0, 0.1) is 5.82 Å². The highest BCUT2D eigenvalue weighted by Crippen LogP contribution is 2.13. The third-order valence-corrected chi connectivity index (χ3v) is 3.41. The summed E-state index contributed by atoms with van der Waals surface area (Å²) in [4.78, 5) is 2.43. The lowest BCUT2D eigenvalue weighted by Gasteiger charge is -2.36. The number of morpholine rings is 1. The number of benzene rings is 1. The van der Waals surface area contributed by atoms with Gasteiger partial charge in [-0.1, -0.05) is 0 Å². The molecule has 0 bridgehead atoms. The van der Waals surface area contributed by atoms with Crippen molar-refractivity contribution in [2.75, 3.05) is 26.3 Å². The van der Waals surface area contributed by atoms with Gasteiger partial charge in [-0.2, -0.15) is 0 Å². The molecule has 0 radical (unpaired) electrons. The summed E-state index contributed by atoms with van der Waals surface area (Å²) >= 11 is 0. The summed E-state index contributed by atoms with van der Waals surface area (Å²) in [5.74, 6) is 0.494. The second kappa shape index (κ2) is 6.87. The molecule has 1 aliphatic rings. The monoisotopic (exact) mass is 267 g/mol. The minimum absolute atomic E-state index is 0.233. The first-order chi connectivity index (χ1) is 9.15. The van der Waals surface area contributed by atoms with E-state index >= 15 is 0 Å². The lowest BCUT2D eigenvalue weighted by molar-refractivity contribution is -0.0502. The number of ether oxygens (including phenoxy) is 2. The molecule has 0 aromatic heterocycles. The Morgan fingerprint density at radius 2 is 2.05 bits per heavy atom. The van der Waals surface area contributed by atoms with E-state index in [0.29, 0.717) is 18.8 Å².